The molecule has 152 valence electrons. The number of rotatable bonds is 6. The highest BCUT2D eigenvalue weighted by Crippen LogP contribution is 2.33. The van der Waals surface area contributed by atoms with Crippen molar-refractivity contribution in [1.29, 1.82) is 0 Å². The van der Waals surface area contributed by atoms with Crippen molar-refractivity contribution in [3.05, 3.63) is 65.0 Å². The first-order valence-electron chi connectivity index (χ1n) is 9.46. The van der Waals surface area contributed by atoms with Crippen LogP contribution in [0.4, 0.5) is 5.13 Å². The predicted octanol–water partition coefficient (Wildman–Crippen LogP) is 3.75. The number of anilines is 1. The van der Waals surface area contributed by atoms with Gasteiger partial charge in [0.05, 0.1) is 23.8 Å². The molecule has 1 fully saturated rings. The van der Waals surface area contributed by atoms with E-state index in [1.165, 1.54) is 11.3 Å². The summed E-state index contributed by atoms with van der Waals surface area (Å²) in [5.74, 6) is 0. The third-order valence-electron chi connectivity index (χ3n) is 4.77. The van der Waals surface area contributed by atoms with E-state index in [4.69, 9.17) is 4.74 Å². The number of aromatic nitrogens is 1. The second-order valence-electron chi connectivity index (χ2n) is 6.96. The molecule has 0 radical (unpaired) electrons. The molecule has 3 aromatic rings. The zero-order chi connectivity index (χ0) is 20.3. The van der Waals surface area contributed by atoms with Crippen LogP contribution in [0, 0.1) is 6.92 Å². The molecule has 1 N–H and O–H groups in total. The molecule has 4 rings (SSSR count). The SMILES string of the molecule is Cc1ccc(S(=O)(=O)Nc2nc(-c3ccccc3)c(CN3CCOCC3)s2)cc1. The van der Waals surface area contributed by atoms with E-state index in [0.717, 1.165) is 41.3 Å². The van der Waals surface area contributed by atoms with E-state index < -0.39 is 10.0 Å². The minimum atomic E-state index is -3.68. The van der Waals surface area contributed by atoms with Gasteiger partial charge >= 0.3 is 0 Å². The largest absolute Gasteiger partial charge is 0.379 e. The lowest BCUT2D eigenvalue weighted by atomic mass is 10.1. The predicted molar refractivity (Wildman–Crippen MR) is 116 cm³/mol. The number of thiazole rings is 1. The zero-order valence-electron chi connectivity index (χ0n) is 16.2. The van der Waals surface area contributed by atoms with Gasteiger partial charge in [0.1, 0.15) is 0 Å². The van der Waals surface area contributed by atoms with Crippen LogP contribution in [0.3, 0.4) is 0 Å². The molecule has 1 aliphatic rings. The number of sulfonamides is 1. The van der Waals surface area contributed by atoms with Crippen molar-refractivity contribution >= 4 is 26.5 Å². The number of nitrogens with one attached hydrogen (secondary N) is 1. The van der Waals surface area contributed by atoms with Gasteiger partial charge in [0.15, 0.2) is 5.13 Å². The van der Waals surface area contributed by atoms with Gasteiger partial charge in [-0.15, -0.1) is 0 Å². The summed E-state index contributed by atoms with van der Waals surface area (Å²) in [5, 5.41) is 0.382. The molecule has 0 bridgehead atoms. The highest BCUT2D eigenvalue weighted by atomic mass is 32.2. The average molecular weight is 430 g/mol. The summed E-state index contributed by atoms with van der Waals surface area (Å²) >= 11 is 1.39. The molecule has 6 nitrogen and oxygen atoms in total. The van der Waals surface area contributed by atoms with Gasteiger partial charge in [-0.2, -0.15) is 0 Å². The Balaban J connectivity index is 1.64. The molecular formula is C21H23N3O3S2. The Hall–Kier alpha value is -2.26. The van der Waals surface area contributed by atoms with Crippen LogP contribution in [-0.2, 0) is 21.3 Å². The summed E-state index contributed by atoms with van der Waals surface area (Å²) in [5.41, 5.74) is 2.81. The van der Waals surface area contributed by atoms with Gasteiger partial charge < -0.3 is 4.74 Å². The van der Waals surface area contributed by atoms with Crippen LogP contribution in [0.25, 0.3) is 11.3 Å². The van der Waals surface area contributed by atoms with Crippen molar-refractivity contribution in [3.8, 4) is 11.3 Å². The van der Waals surface area contributed by atoms with Crippen LogP contribution >= 0.6 is 11.3 Å². The van der Waals surface area contributed by atoms with Gasteiger partial charge in [0.25, 0.3) is 10.0 Å². The second-order valence-corrected chi connectivity index (χ2v) is 9.73. The molecule has 29 heavy (non-hydrogen) atoms. The van der Waals surface area contributed by atoms with E-state index in [9.17, 15) is 8.42 Å². The topological polar surface area (TPSA) is 71.5 Å². The van der Waals surface area contributed by atoms with Crippen molar-refractivity contribution in [1.82, 2.24) is 9.88 Å². The molecule has 0 amide bonds. The number of hydrogen-bond donors (Lipinski definition) is 1. The Labute approximate surface area is 175 Å². The number of nitrogens with zero attached hydrogens (tertiary/aromatic N) is 2. The lowest BCUT2D eigenvalue weighted by molar-refractivity contribution is 0.0347. The summed E-state index contributed by atoms with van der Waals surface area (Å²) in [6.45, 7) is 5.79. The average Bonchev–Trinajstić information content (AvgIpc) is 3.11. The first-order chi connectivity index (χ1) is 14.0. The second kappa shape index (κ2) is 8.62. The fraction of sp³-hybridized carbons (Fsp3) is 0.286. The van der Waals surface area contributed by atoms with Gasteiger partial charge in [0, 0.05) is 30.1 Å². The summed E-state index contributed by atoms with van der Waals surface area (Å²) in [6, 6.07) is 16.7. The van der Waals surface area contributed by atoms with Crippen LogP contribution in [0.2, 0.25) is 0 Å². The van der Waals surface area contributed by atoms with Gasteiger partial charge in [-0.05, 0) is 19.1 Å². The van der Waals surface area contributed by atoms with E-state index in [0.29, 0.717) is 18.3 Å². The minimum Gasteiger partial charge on any atom is -0.379 e. The lowest BCUT2D eigenvalue weighted by Crippen LogP contribution is -2.35. The molecule has 2 heterocycles. The maximum Gasteiger partial charge on any atom is 0.263 e. The number of benzene rings is 2. The van der Waals surface area contributed by atoms with Gasteiger partial charge in [-0.3, -0.25) is 9.62 Å². The molecule has 0 unspecified atom stereocenters. The fourth-order valence-corrected chi connectivity index (χ4v) is 5.44. The smallest absolute Gasteiger partial charge is 0.263 e. The fourth-order valence-electron chi connectivity index (χ4n) is 3.18. The summed E-state index contributed by atoms with van der Waals surface area (Å²) in [7, 11) is -3.68. The molecule has 0 spiro atoms. The highest BCUT2D eigenvalue weighted by molar-refractivity contribution is 7.93. The molecule has 1 aliphatic heterocycles. The van der Waals surface area contributed by atoms with Crippen LogP contribution in [0.1, 0.15) is 10.4 Å². The lowest BCUT2D eigenvalue weighted by Gasteiger charge is -2.26. The normalized spacial score (nSPS) is 15.3. The molecule has 1 saturated heterocycles. The van der Waals surface area contributed by atoms with Crippen LogP contribution < -0.4 is 4.72 Å². The Morgan fingerprint density at radius 2 is 1.76 bits per heavy atom. The van der Waals surface area contributed by atoms with Crippen molar-refractivity contribution in [3.63, 3.8) is 0 Å². The van der Waals surface area contributed by atoms with Gasteiger partial charge in [-0.25, -0.2) is 13.4 Å². The minimum absolute atomic E-state index is 0.231. The van der Waals surface area contributed by atoms with E-state index in [-0.39, 0.29) is 4.90 Å². The zero-order valence-corrected chi connectivity index (χ0v) is 17.8. The first-order valence-corrected chi connectivity index (χ1v) is 11.8. The number of ether oxygens (including phenoxy) is 1. The van der Waals surface area contributed by atoms with E-state index in [1.807, 2.05) is 37.3 Å². The molecule has 8 heteroatoms. The molecule has 1 aromatic heterocycles. The Bertz CT molecular complexity index is 1060. The monoisotopic (exact) mass is 429 g/mol. The third kappa shape index (κ3) is 4.84. The summed E-state index contributed by atoms with van der Waals surface area (Å²) in [4.78, 5) is 8.22. The van der Waals surface area contributed by atoms with Gasteiger partial charge in [-0.1, -0.05) is 59.4 Å². The molecule has 0 atom stereocenters. The quantitative estimate of drug-likeness (QED) is 0.646. The number of morpholine rings is 1. The van der Waals surface area contributed by atoms with E-state index >= 15 is 0 Å². The van der Waals surface area contributed by atoms with E-state index in [2.05, 4.69) is 14.6 Å². The Morgan fingerprint density at radius 1 is 1.07 bits per heavy atom. The van der Waals surface area contributed by atoms with Crippen molar-refractivity contribution < 1.29 is 13.2 Å². The number of aryl methyl sites for hydroxylation is 1. The first kappa shape index (κ1) is 20.0. The van der Waals surface area contributed by atoms with Crippen molar-refractivity contribution in [2.45, 2.75) is 18.4 Å². The van der Waals surface area contributed by atoms with E-state index in [1.54, 1.807) is 24.3 Å². The van der Waals surface area contributed by atoms with Crippen molar-refractivity contribution in [2.24, 2.45) is 0 Å². The molecule has 0 saturated carbocycles. The molecular weight excluding hydrogens is 406 g/mol. The van der Waals surface area contributed by atoms with Crippen LogP contribution in [0.5, 0.6) is 0 Å². The van der Waals surface area contributed by atoms with Crippen molar-refractivity contribution in [2.75, 3.05) is 31.0 Å². The third-order valence-corrected chi connectivity index (χ3v) is 7.21. The van der Waals surface area contributed by atoms with Gasteiger partial charge in [0.2, 0.25) is 0 Å². The van der Waals surface area contributed by atoms with Crippen LogP contribution in [-0.4, -0.2) is 44.6 Å². The Morgan fingerprint density at radius 3 is 2.45 bits per heavy atom. The number of hydrogen-bond acceptors (Lipinski definition) is 6. The maximum absolute atomic E-state index is 12.8. The van der Waals surface area contributed by atoms with Crippen LogP contribution in [0.15, 0.2) is 59.5 Å². The standard InChI is InChI=1S/C21H23N3O3S2/c1-16-7-9-18(10-8-16)29(25,26)23-21-22-20(17-5-3-2-4-6-17)19(28-21)15-24-11-13-27-14-12-24/h2-10H,11-15H2,1H3,(H,22,23). The summed E-state index contributed by atoms with van der Waals surface area (Å²) < 4.78 is 33.7. The molecule has 2 aromatic carbocycles. The Kier molecular flexibility index (Phi) is 5.96. The maximum atomic E-state index is 12.8. The highest BCUT2D eigenvalue weighted by Gasteiger charge is 2.21. The molecule has 0 aliphatic carbocycles. The summed E-state index contributed by atoms with van der Waals surface area (Å²) in [6.07, 6.45) is 0.